The van der Waals surface area contributed by atoms with E-state index in [0.29, 0.717) is 12.5 Å². The summed E-state index contributed by atoms with van der Waals surface area (Å²) in [6.07, 6.45) is 0.913. The minimum Gasteiger partial charge on any atom is -0.478 e. The number of aliphatic hydroxyl groups excluding tert-OH is 1. The van der Waals surface area contributed by atoms with Gasteiger partial charge in [-0.1, -0.05) is 30.3 Å². The van der Waals surface area contributed by atoms with Gasteiger partial charge in [-0.3, -0.25) is 0 Å². The smallest absolute Gasteiger partial charge is 0.333 e. The van der Waals surface area contributed by atoms with Crippen molar-refractivity contribution in [1.29, 1.82) is 0 Å². The third kappa shape index (κ3) is 6.67. The fraction of sp³-hybridized carbons (Fsp3) is 0.286. The Balaban J connectivity index is 2.32. The highest BCUT2D eigenvalue weighted by Gasteiger charge is 2.12. The van der Waals surface area contributed by atoms with E-state index in [9.17, 15) is 9.59 Å². The van der Waals surface area contributed by atoms with Gasteiger partial charge < -0.3 is 19.7 Å². The number of aliphatic carboxylic acids is 1. The number of hydrogen-bond acceptors (Lipinski definition) is 5. The number of carbonyl (C=O) groups excluding carboxylic acids is 1. The number of benzene rings is 1. The van der Waals surface area contributed by atoms with Crippen LogP contribution in [0.2, 0.25) is 0 Å². The molecule has 0 aliphatic carbocycles. The van der Waals surface area contributed by atoms with Crippen LogP contribution >= 0.6 is 0 Å². The van der Waals surface area contributed by atoms with Crippen LogP contribution in [0.1, 0.15) is 5.56 Å². The molecular formula is C14H16O6. The average Bonchev–Trinajstić information content (AvgIpc) is 2.45. The van der Waals surface area contributed by atoms with Crippen LogP contribution in [0.5, 0.6) is 0 Å². The molecule has 1 aromatic rings. The molecule has 0 radical (unpaired) electrons. The maximum absolute atomic E-state index is 11.2. The molecule has 2 N–H and O–H groups in total. The molecule has 6 nitrogen and oxygen atoms in total. The standard InChI is InChI=1S/C14H16O6/c15-10-14(20-13(18)7-6-12(16)17)19-9-8-11-4-2-1-3-5-11/h1-7,14-15H,8-10H2,(H,16,17)/b7-6+. The fourth-order valence-corrected chi connectivity index (χ4v) is 1.39. The Kier molecular flexibility index (Phi) is 7.02. The van der Waals surface area contributed by atoms with Crippen molar-refractivity contribution in [3.8, 4) is 0 Å². The molecule has 0 amide bonds. The maximum atomic E-state index is 11.2. The lowest BCUT2D eigenvalue weighted by molar-refractivity contribution is -0.181. The van der Waals surface area contributed by atoms with Crippen molar-refractivity contribution < 1.29 is 29.3 Å². The Bertz CT molecular complexity index is 454. The van der Waals surface area contributed by atoms with E-state index in [1.807, 2.05) is 30.3 Å². The minimum absolute atomic E-state index is 0.269. The lowest BCUT2D eigenvalue weighted by atomic mass is 10.2. The predicted molar refractivity (Wildman–Crippen MR) is 69.8 cm³/mol. The zero-order chi connectivity index (χ0) is 14.8. The summed E-state index contributed by atoms with van der Waals surface area (Å²) >= 11 is 0. The second-order valence-corrected chi connectivity index (χ2v) is 3.83. The summed E-state index contributed by atoms with van der Waals surface area (Å²) < 4.78 is 9.93. The van der Waals surface area contributed by atoms with Crippen LogP contribution in [0.25, 0.3) is 0 Å². The van der Waals surface area contributed by atoms with Crippen molar-refractivity contribution in [1.82, 2.24) is 0 Å². The molecule has 0 aromatic heterocycles. The van der Waals surface area contributed by atoms with Crippen molar-refractivity contribution in [2.45, 2.75) is 12.7 Å². The van der Waals surface area contributed by atoms with Gasteiger partial charge in [0.05, 0.1) is 6.61 Å². The molecule has 6 heteroatoms. The van der Waals surface area contributed by atoms with Crippen molar-refractivity contribution in [3.63, 3.8) is 0 Å². The summed E-state index contributed by atoms with van der Waals surface area (Å²) in [6, 6.07) is 9.56. The molecule has 20 heavy (non-hydrogen) atoms. The van der Waals surface area contributed by atoms with Crippen LogP contribution in [-0.4, -0.2) is 41.7 Å². The second-order valence-electron chi connectivity index (χ2n) is 3.83. The van der Waals surface area contributed by atoms with Gasteiger partial charge in [0, 0.05) is 12.2 Å². The van der Waals surface area contributed by atoms with Crippen molar-refractivity contribution in [2.75, 3.05) is 13.2 Å². The third-order valence-corrected chi connectivity index (χ3v) is 2.30. The Hall–Kier alpha value is -2.18. The summed E-state index contributed by atoms with van der Waals surface area (Å²) in [7, 11) is 0. The van der Waals surface area contributed by atoms with Gasteiger partial charge in [-0.2, -0.15) is 0 Å². The number of rotatable bonds is 8. The highest BCUT2D eigenvalue weighted by molar-refractivity contribution is 5.90. The first-order valence-electron chi connectivity index (χ1n) is 6.00. The SMILES string of the molecule is O=C(O)/C=C/C(=O)OC(CO)OCCc1ccccc1. The molecule has 1 aromatic carbocycles. The Morgan fingerprint density at radius 3 is 2.50 bits per heavy atom. The molecule has 0 bridgehead atoms. The van der Waals surface area contributed by atoms with Gasteiger partial charge in [-0.05, 0) is 12.0 Å². The predicted octanol–water partition coefficient (Wildman–Crippen LogP) is 0.748. The normalized spacial score (nSPS) is 12.2. The monoisotopic (exact) mass is 280 g/mol. The number of hydrogen-bond donors (Lipinski definition) is 2. The Labute approximate surface area is 116 Å². The molecule has 1 rings (SSSR count). The van der Waals surface area contributed by atoms with Gasteiger partial charge in [-0.15, -0.1) is 0 Å². The largest absolute Gasteiger partial charge is 0.478 e. The zero-order valence-corrected chi connectivity index (χ0v) is 10.8. The fourth-order valence-electron chi connectivity index (χ4n) is 1.39. The molecule has 0 saturated carbocycles. The molecule has 1 unspecified atom stereocenters. The Morgan fingerprint density at radius 2 is 1.90 bits per heavy atom. The quantitative estimate of drug-likeness (QED) is 0.414. The van der Waals surface area contributed by atoms with Gasteiger partial charge in [0.2, 0.25) is 6.29 Å². The second kappa shape index (κ2) is 8.84. The lowest BCUT2D eigenvalue weighted by Gasteiger charge is -2.15. The molecule has 0 fully saturated rings. The van der Waals surface area contributed by atoms with Crippen molar-refractivity contribution in [3.05, 3.63) is 48.0 Å². The van der Waals surface area contributed by atoms with E-state index >= 15 is 0 Å². The minimum atomic E-state index is -1.26. The molecular weight excluding hydrogens is 264 g/mol. The van der Waals surface area contributed by atoms with Gasteiger partial charge >= 0.3 is 11.9 Å². The molecule has 0 aliphatic heterocycles. The molecule has 0 saturated heterocycles. The van der Waals surface area contributed by atoms with Crippen LogP contribution in [0.4, 0.5) is 0 Å². The summed E-state index contributed by atoms with van der Waals surface area (Å²) in [6.45, 7) is -0.230. The summed E-state index contributed by atoms with van der Waals surface area (Å²) in [5.74, 6) is -2.14. The van der Waals surface area contributed by atoms with Crippen molar-refractivity contribution in [2.24, 2.45) is 0 Å². The molecule has 0 spiro atoms. The molecule has 108 valence electrons. The molecule has 0 heterocycles. The number of carboxylic acids is 1. The zero-order valence-electron chi connectivity index (χ0n) is 10.8. The van der Waals surface area contributed by atoms with Crippen LogP contribution in [0.15, 0.2) is 42.5 Å². The van der Waals surface area contributed by atoms with Crippen LogP contribution in [0, 0.1) is 0 Å². The molecule has 0 aliphatic rings. The van der Waals surface area contributed by atoms with Crippen LogP contribution < -0.4 is 0 Å². The third-order valence-electron chi connectivity index (χ3n) is 2.30. The average molecular weight is 280 g/mol. The highest BCUT2D eigenvalue weighted by atomic mass is 16.7. The number of ether oxygens (including phenoxy) is 2. The first-order valence-corrected chi connectivity index (χ1v) is 6.00. The number of esters is 1. The van der Waals surface area contributed by atoms with E-state index in [2.05, 4.69) is 0 Å². The highest BCUT2D eigenvalue weighted by Crippen LogP contribution is 2.02. The molecule has 1 atom stereocenters. The summed E-state index contributed by atoms with van der Waals surface area (Å²) in [5.41, 5.74) is 1.06. The van der Waals surface area contributed by atoms with E-state index < -0.39 is 24.8 Å². The number of carboxylic acid groups (broad SMARTS) is 1. The number of carbonyl (C=O) groups is 2. The van der Waals surface area contributed by atoms with E-state index in [0.717, 1.165) is 11.6 Å². The summed E-state index contributed by atoms with van der Waals surface area (Å²) in [4.78, 5) is 21.4. The lowest BCUT2D eigenvalue weighted by Crippen LogP contribution is -2.25. The van der Waals surface area contributed by atoms with Crippen LogP contribution in [0.3, 0.4) is 0 Å². The summed E-state index contributed by atoms with van der Waals surface area (Å²) in [5, 5.41) is 17.4. The Morgan fingerprint density at radius 1 is 1.20 bits per heavy atom. The van der Waals surface area contributed by atoms with Gasteiger partial charge in [-0.25, -0.2) is 9.59 Å². The van der Waals surface area contributed by atoms with E-state index in [-0.39, 0.29) is 6.61 Å². The van der Waals surface area contributed by atoms with E-state index in [1.165, 1.54) is 0 Å². The van der Waals surface area contributed by atoms with Gasteiger partial charge in [0.25, 0.3) is 0 Å². The van der Waals surface area contributed by atoms with Crippen molar-refractivity contribution >= 4 is 11.9 Å². The first-order chi connectivity index (χ1) is 9.61. The first kappa shape index (κ1) is 15.9. The van der Waals surface area contributed by atoms with Gasteiger partial charge in [0.15, 0.2) is 0 Å². The van der Waals surface area contributed by atoms with Crippen LogP contribution in [-0.2, 0) is 25.5 Å². The topological polar surface area (TPSA) is 93.1 Å². The number of aliphatic hydroxyl groups is 1. The van der Waals surface area contributed by atoms with E-state index in [4.69, 9.17) is 19.7 Å². The van der Waals surface area contributed by atoms with Gasteiger partial charge in [0.1, 0.15) is 6.61 Å². The maximum Gasteiger partial charge on any atom is 0.333 e. The van der Waals surface area contributed by atoms with E-state index in [1.54, 1.807) is 0 Å².